The molecule has 0 aliphatic carbocycles. The number of hydrogen-bond acceptors (Lipinski definition) is 3. The van der Waals surface area contributed by atoms with Crippen LogP contribution in [0.4, 0.5) is 5.82 Å². The summed E-state index contributed by atoms with van der Waals surface area (Å²) in [5, 5.41) is 0. The Morgan fingerprint density at radius 2 is 2.56 bits per heavy atom. The maximum Gasteiger partial charge on any atom is 0.168 e. The molecule has 47 valence electrons. The van der Waals surface area contributed by atoms with Crippen molar-refractivity contribution in [3.05, 3.63) is 18.3 Å². The molecule has 3 nitrogen and oxygen atoms in total. The molecule has 0 spiro atoms. The van der Waals surface area contributed by atoms with E-state index in [1.165, 1.54) is 7.11 Å². The Hall–Kier alpha value is -1.25. The van der Waals surface area contributed by atoms with Crippen LogP contribution in [-0.2, 0) is 0 Å². The zero-order chi connectivity index (χ0) is 6.69. The van der Waals surface area contributed by atoms with Crippen molar-refractivity contribution < 1.29 is 4.74 Å². The summed E-state index contributed by atoms with van der Waals surface area (Å²) < 4.78 is 4.80. The van der Waals surface area contributed by atoms with Gasteiger partial charge in [0, 0.05) is 12.3 Å². The van der Waals surface area contributed by atoms with Gasteiger partial charge in [0.1, 0.15) is 0 Å². The highest BCUT2D eigenvalue weighted by Crippen LogP contribution is 2.13. The topological polar surface area (TPSA) is 48.1 Å². The second kappa shape index (κ2) is 2.35. The second-order valence-corrected chi connectivity index (χ2v) is 1.51. The van der Waals surface area contributed by atoms with Crippen LogP contribution in [0.25, 0.3) is 0 Å². The van der Waals surface area contributed by atoms with Crippen molar-refractivity contribution in [2.75, 3.05) is 12.8 Å². The molecule has 9 heavy (non-hydrogen) atoms. The molecule has 0 amide bonds. The molecule has 0 saturated heterocycles. The zero-order valence-corrected chi connectivity index (χ0v) is 5.09. The van der Waals surface area contributed by atoms with E-state index in [0.29, 0.717) is 11.6 Å². The van der Waals surface area contributed by atoms with Crippen LogP contribution in [0.2, 0.25) is 0 Å². The normalized spacial score (nSPS) is 9.00. The van der Waals surface area contributed by atoms with Crippen LogP contribution >= 0.6 is 0 Å². The summed E-state index contributed by atoms with van der Waals surface area (Å²) in [5.41, 5.74) is 5.36. The predicted octanol–water partition coefficient (Wildman–Crippen LogP) is 0.473. The minimum absolute atomic E-state index is 0.375. The number of methoxy groups -OCH3 is 1. The molecule has 2 N–H and O–H groups in total. The minimum atomic E-state index is 0.375. The third-order valence-electron chi connectivity index (χ3n) is 0.939. The van der Waals surface area contributed by atoms with Crippen LogP contribution in [0.5, 0.6) is 5.75 Å². The van der Waals surface area contributed by atoms with Gasteiger partial charge in [-0.2, -0.15) is 0 Å². The first-order valence-electron chi connectivity index (χ1n) is 2.50. The number of aromatic nitrogens is 1. The van der Waals surface area contributed by atoms with E-state index in [9.17, 15) is 0 Å². The van der Waals surface area contributed by atoms with Crippen molar-refractivity contribution in [2.45, 2.75) is 0 Å². The van der Waals surface area contributed by atoms with Crippen LogP contribution in [-0.4, -0.2) is 12.1 Å². The number of hydrogen-bond donors (Lipinski definition) is 1. The lowest BCUT2D eigenvalue weighted by Gasteiger charge is -1.98. The molecule has 0 fully saturated rings. The quantitative estimate of drug-likeness (QED) is 0.590. The van der Waals surface area contributed by atoms with E-state index >= 15 is 0 Å². The molecule has 0 saturated carbocycles. The van der Waals surface area contributed by atoms with Crippen molar-refractivity contribution in [2.24, 2.45) is 0 Å². The molecule has 0 aliphatic heterocycles. The largest absolute Gasteiger partial charge is 0.492 e. The van der Waals surface area contributed by atoms with Gasteiger partial charge in [-0.05, 0) is 6.07 Å². The summed E-state index contributed by atoms with van der Waals surface area (Å²) in [6, 6.07) is 4.42. The van der Waals surface area contributed by atoms with Gasteiger partial charge in [0.2, 0.25) is 0 Å². The maximum absolute atomic E-state index is 5.36. The molecule has 0 aromatic carbocycles. The lowest BCUT2D eigenvalue weighted by atomic mass is 10.4. The van der Waals surface area contributed by atoms with Crippen LogP contribution in [0.15, 0.2) is 12.3 Å². The van der Waals surface area contributed by atoms with Crippen LogP contribution in [0.1, 0.15) is 0 Å². The maximum atomic E-state index is 5.36. The lowest BCUT2D eigenvalue weighted by Crippen LogP contribution is -1.93. The van der Waals surface area contributed by atoms with Gasteiger partial charge in [0.05, 0.1) is 7.11 Å². The van der Waals surface area contributed by atoms with Crippen molar-refractivity contribution in [3.63, 3.8) is 0 Å². The van der Waals surface area contributed by atoms with E-state index < -0.39 is 0 Å². The number of nitrogen functional groups attached to an aromatic ring is 1. The Morgan fingerprint density at radius 1 is 1.78 bits per heavy atom. The summed E-state index contributed by atoms with van der Waals surface area (Å²) in [4.78, 5) is 3.77. The summed E-state index contributed by atoms with van der Waals surface area (Å²) in [7, 11) is 1.53. The third kappa shape index (κ3) is 1.10. The van der Waals surface area contributed by atoms with Crippen LogP contribution in [0, 0.1) is 6.07 Å². The zero-order valence-electron chi connectivity index (χ0n) is 5.09. The van der Waals surface area contributed by atoms with E-state index in [1.54, 1.807) is 12.3 Å². The van der Waals surface area contributed by atoms with Gasteiger partial charge in [0.15, 0.2) is 11.6 Å². The third-order valence-corrected chi connectivity index (χ3v) is 0.939. The first kappa shape index (κ1) is 5.88. The van der Waals surface area contributed by atoms with Crippen molar-refractivity contribution in [3.8, 4) is 5.75 Å². The molecule has 1 aromatic heterocycles. The molecule has 1 radical (unpaired) electrons. The smallest absolute Gasteiger partial charge is 0.168 e. The van der Waals surface area contributed by atoms with E-state index in [2.05, 4.69) is 11.1 Å². The van der Waals surface area contributed by atoms with Crippen LogP contribution < -0.4 is 10.5 Å². The van der Waals surface area contributed by atoms with Gasteiger partial charge in [-0.15, -0.1) is 0 Å². The summed E-state index contributed by atoms with van der Waals surface area (Å²) in [6.45, 7) is 0. The lowest BCUT2D eigenvalue weighted by molar-refractivity contribution is 0.414. The molecule has 0 bridgehead atoms. The minimum Gasteiger partial charge on any atom is -0.492 e. The average Bonchev–Trinajstić information content (AvgIpc) is 1.89. The summed E-state index contributed by atoms with van der Waals surface area (Å²) in [6.07, 6.45) is 1.57. The number of nitrogens with two attached hydrogens (primary N) is 1. The molecular formula is C6H7N2O. The number of pyridine rings is 1. The van der Waals surface area contributed by atoms with Gasteiger partial charge < -0.3 is 10.5 Å². The molecule has 0 unspecified atom stereocenters. The average molecular weight is 123 g/mol. The highest BCUT2D eigenvalue weighted by atomic mass is 16.5. The fourth-order valence-corrected chi connectivity index (χ4v) is 0.527. The van der Waals surface area contributed by atoms with E-state index in [-0.39, 0.29) is 0 Å². The molecule has 1 rings (SSSR count). The molecule has 0 aliphatic rings. The Bertz CT molecular complexity index is 200. The number of anilines is 1. The highest BCUT2D eigenvalue weighted by molar-refractivity contribution is 5.43. The van der Waals surface area contributed by atoms with Crippen molar-refractivity contribution in [1.29, 1.82) is 0 Å². The fourth-order valence-electron chi connectivity index (χ4n) is 0.527. The van der Waals surface area contributed by atoms with Gasteiger partial charge in [-0.1, -0.05) is 0 Å². The molecular weight excluding hydrogens is 116 g/mol. The summed E-state index contributed by atoms with van der Waals surface area (Å²) in [5.74, 6) is 0.873. The van der Waals surface area contributed by atoms with E-state index in [0.717, 1.165) is 0 Å². The van der Waals surface area contributed by atoms with Gasteiger partial charge in [-0.3, -0.25) is 0 Å². The monoisotopic (exact) mass is 123 g/mol. The van der Waals surface area contributed by atoms with E-state index in [4.69, 9.17) is 10.5 Å². The second-order valence-electron chi connectivity index (χ2n) is 1.51. The van der Waals surface area contributed by atoms with Gasteiger partial charge in [0.25, 0.3) is 0 Å². The predicted molar refractivity (Wildman–Crippen MR) is 34.0 cm³/mol. The SMILES string of the molecule is COc1[c]ccnc1N. The molecule has 0 atom stereocenters. The van der Waals surface area contributed by atoms with Gasteiger partial charge in [-0.25, -0.2) is 4.98 Å². The Labute approximate surface area is 53.5 Å². The fraction of sp³-hybridized carbons (Fsp3) is 0.167. The first-order chi connectivity index (χ1) is 4.34. The number of rotatable bonds is 1. The first-order valence-corrected chi connectivity index (χ1v) is 2.50. The molecule has 1 aromatic rings. The van der Waals surface area contributed by atoms with Crippen LogP contribution in [0.3, 0.4) is 0 Å². The standard InChI is InChI=1S/C6H7N2O/c1-9-5-3-2-4-8-6(5)7/h2,4H,1H3,(H2,7,8). The summed E-state index contributed by atoms with van der Waals surface area (Å²) >= 11 is 0. The van der Waals surface area contributed by atoms with E-state index in [1.807, 2.05) is 0 Å². The Kier molecular flexibility index (Phi) is 1.53. The molecule has 3 heteroatoms. The molecule has 1 heterocycles. The van der Waals surface area contributed by atoms with Gasteiger partial charge >= 0.3 is 0 Å². The Morgan fingerprint density at radius 3 is 3.00 bits per heavy atom. The number of ether oxygens (including phenoxy) is 1. The Balaban J connectivity index is 3.01. The number of nitrogens with zero attached hydrogens (tertiary/aromatic N) is 1. The highest BCUT2D eigenvalue weighted by Gasteiger charge is 1.94. The van der Waals surface area contributed by atoms with Crippen molar-refractivity contribution >= 4 is 5.82 Å². The van der Waals surface area contributed by atoms with Crippen molar-refractivity contribution in [1.82, 2.24) is 4.98 Å².